The molecule has 2 rings (SSSR count). The average Bonchev–Trinajstić information content (AvgIpc) is 2.54. The van der Waals surface area contributed by atoms with Crippen molar-refractivity contribution in [3.8, 4) is 5.75 Å². The minimum atomic E-state index is -0.609. The van der Waals surface area contributed by atoms with Crippen molar-refractivity contribution in [1.29, 1.82) is 0 Å². The van der Waals surface area contributed by atoms with Crippen LogP contribution in [0.5, 0.6) is 5.75 Å². The molecule has 0 aromatic heterocycles. The minimum absolute atomic E-state index is 0.0102. The summed E-state index contributed by atoms with van der Waals surface area (Å²) < 4.78 is 5.66. The van der Waals surface area contributed by atoms with E-state index in [9.17, 15) is 14.4 Å². The molecule has 0 bridgehead atoms. The molecule has 1 aliphatic rings. The van der Waals surface area contributed by atoms with Crippen LogP contribution < -0.4 is 4.74 Å². The lowest BCUT2D eigenvalue weighted by molar-refractivity contribution is -0.143. The molecule has 1 fully saturated rings. The first-order valence-electron chi connectivity index (χ1n) is 7.70. The van der Waals surface area contributed by atoms with Gasteiger partial charge in [0.05, 0.1) is 0 Å². The van der Waals surface area contributed by atoms with Crippen LogP contribution in [0.25, 0.3) is 0 Å². The zero-order valence-electron chi connectivity index (χ0n) is 13.7. The average molecular weight is 318 g/mol. The van der Waals surface area contributed by atoms with Gasteiger partial charge in [-0.15, -0.1) is 0 Å². The molecular formula is C17H22N2O4. The van der Waals surface area contributed by atoms with Crippen molar-refractivity contribution >= 4 is 17.6 Å². The second-order valence-corrected chi connectivity index (χ2v) is 5.67. The standard InChI is InChI=1S/C17H22N2O4/c1-12(20)15-4-6-16(7-5-15)23-13(2)17(22)19-10-8-18(9-11-19)14(3)21/h4-7,13H,8-11H2,1-3H3/t13-/m1/s1. The number of hydrogen-bond acceptors (Lipinski definition) is 4. The van der Waals surface area contributed by atoms with Crippen LogP contribution in [-0.4, -0.2) is 59.7 Å². The van der Waals surface area contributed by atoms with E-state index < -0.39 is 6.10 Å². The normalized spacial score (nSPS) is 16.0. The van der Waals surface area contributed by atoms with Gasteiger partial charge in [0.15, 0.2) is 11.9 Å². The summed E-state index contributed by atoms with van der Waals surface area (Å²) in [6, 6.07) is 6.74. The van der Waals surface area contributed by atoms with Crippen LogP contribution >= 0.6 is 0 Å². The Hall–Kier alpha value is -2.37. The van der Waals surface area contributed by atoms with E-state index in [2.05, 4.69) is 0 Å². The first kappa shape index (κ1) is 17.0. The number of amides is 2. The predicted octanol–water partition coefficient (Wildman–Crippen LogP) is 1.35. The van der Waals surface area contributed by atoms with E-state index in [1.54, 1.807) is 41.0 Å². The molecule has 6 nitrogen and oxygen atoms in total. The molecule has 23 heavy (non-hydrogen) atoms. The largest absolute Gasteiger partial charge is 0.481 e. The van der Waals surface area contributed by atoms with E-state index in [1.165, 1.54) is 13.8 Å². The number of nitrogens with zero attached hydrogens (tertiary/aromatic N) is 2. The van der Waals surface area contributed by atoms with Gasteiger partial charge in [-0.1, -0.05) is 0 Å². The molecule has 1 aromatic rings. The molecule has 0 radical (unpaired) electrons. The lowest BCUT2D eigenvalue weighted by Crippen LogP contribution is -2.52. The number of carbonyl (C=O) groups is 3. The van der Waals surface area contributed by atoms with E-state index in [0.717, 1.165) is 0 Å². The monoisotopic (exact) mass is 318 g/mol. The van der Waals surface area contributed by atoms with Gasteiger partial charge < -0.3 is 14.5 Å². The van der Waals surface area contributed by atoms with Crippen LogP contribution in [0.1, 0.15) is 31.1 Å². The highest BCUT2D eigenvalue weighted by Gasteiger charge is 2.26. The van der Waals surface area contributed by atoms with Gasteiger partial charge in [-0.25, -0.2) is 0 Å². The number of carbonyl (C=O) groups excluding carboxylic acids is 3. The molecule has 1 heterocycles. The maximum Gasteiger partial charge on any atom is 0.263 e. The molecule has 1 saturated heterocycles. The minimum Gasteiger partial charge on any atom is -0.481 e. The third kappa shape index (κ3) is 4.31. The number of Topliss-reactive ketones (excluding diaryl/α,β-unsaturated/α-hetero) is 1. The Morgan fingerprint density at radius 2 is 1.48 bits per heavy atom. The summed E-state index contributed by atoms with van der Waals surface area (Å²) in [6.45, 7) is 6.90. The van der Waals surface area contributed by atoms with Crippen molar-refractivity contribution in [2.45, 2.75) is 26.9 Å². The van der Waals surface area contributed by atoms with E-state index in [-0.39, 0.29) is 17.6 Å². The maximum absolute atomic E-state index is 12.4. The fraction of sp³-hybridized carbons (Fsp3) is 0.471. The second-order valence-electron chi connectivity index (χ2n) is 5.67. The van der Waals surface area contributed by atoms with Crippen LogP contribution in [0.2, 0.25) is 0 Å². The predicted molar refractivity (Wildman–Crippen MR) is 85.4 cm³/mol. The van der Waals surface area contributed by atoms with Gasteiger partial charge in [0.1, 0.15) is 5.75 Å². The molecule has 0 N–H and O–H groups in total. The number of benzene rings is 1. The molecule has 124 valence electrons. The summed E-state index contributed by atoms with van der Waals surface area (Å²) in [7, 11) is 0. The Morgan fingerprint density at radius 1 is 0.957 bits per heavy atom. The highest BCUT2D eigenvalue weighted by atomic mass is 16.5. The van der Waals surface area contributed by atoms with Crippen LogP contribution in [0.15, 0.2) is 24.3 Å². The van der Waals surface area contributed by atoms with Crippen LogP contribution in [0, 0.1) is 0 Å². The summed E-state index contributed by atoms with van der Waals surface area (Å²) in [6.07, 6.45) is -0.609. The topological polar surface area (TPSA) is 66.9 Å². The Morgan fingerprint density at radius 3 is 1.96 bits per heavy atom. The number of piperazine rings is 1. The molecule has 1 aromatic carbocycles. The fourth-order valence-electron chi connectivity index (χ4n) is 2.52. The smallest absolute Gasteiger partial charge is 0.263 e. The molecule has 1 aliphatic heterocycles. The molecule has 0 aliphatic carbocycles. The first-order chi connectivity index (χ1) is 10.9. The van der Waals surface area contributed by atoms with Crippen molar-refractivity contribution in [3.05, 3.63) is 29.8 Å². The van der Waals surface area contributed by atoms with E-state index in [4.69, 9.17) is 4.74 Å². The fourth-order valence-corrected chi connectivity index (χ4v) is 2.52. The third-order valence-corrected chi connectivity index (χ3v) is 3.96. The van der Waals surface area contributed by atoms with Crippen LogP contribution in [0.3, 0.4) is 0 Å². The molecular weight excluding hydrogens is 296 g/mol. The second kappa shape index (κ2) is 7.26. The lowest BCUT2D eigenvalue weighted by Gasteiger charge is -2.35. The Labute approximate surface area is 136 Å². The third-order valence-electron chi connectivity index (χ3n) is 3.96. The Bertz CT molecular complexity index is 589. The Balaban J connectivity index is 1.90. The molecule has 2 amide bonds. The number of ether oxygens (including phenoxy) is 1. The van der Waals surface area contributed by atoms with Crippen LogP contribution in [0.4, 0.5) is 0 Å². The van der Waals surface area contributed by atoms with Gasteiger partial charge in [-0.3, -0.25) is 14.4 Å². The first-order valence-corrected chi connectivity index (χ1v) is 7.70. The van der Waals surface area contributed by atoms with Gasteiger partial charge in [0.2, 0.25) is 5.91 Å². The summed E-state index contributed by atoms with van der Waals surface area (Å²) >= 11 is 0. The van der Waals surface area contributed by atoms with E-state index in [1.807, 2.05) is 0 Å². The van der Waals surface area contributed by atoms with Crippen LogP contribution in [-0.2, 0) is 9.59 Å². The number of hydrogen-bond donors (Lipinski definition) is 0. The zero-order chi connectivity index (χ0) is 17.0. The summed E-state index contributed by atoms with van der Waals surface area (Å²) in [4.78, 5) is 38.4. The van der Waals surface area contributed by atoms with Crippen molar-refractivity contribution in [1.82, 2.24) is 9.80 Å². The van der Waals surface area contributed by atoms with Gasteiger partial charge >= 0.3 is 0 Å². The maximum atomic E-state index is 12.4. The van der Waals surface area contributed by atoms with Crippen molar-refractivity contribution in [3.63, 3.8) is 0 Å². The Kier molecular flexibility index (Phi) is 5.36. The SMILES string of the molecule is CC(=O)c1ccc(O[C@H](C)C(=O)N2CCN(C(C)=O)CC2)cc1. The quantitative estimate of drug-likeness (QED) is 0.786. The molecule has 6 heteroatoms. The molecule has 0 unspecified atom stereocenters. The molecule has 1 atom stereocenters. The molecule has 0 spiro atoms. The van der Waals surface area contributed by atoms with Gasteiger partial charge in [0.25, 0.3) is 5.91 Å². The summed E-state index contributed by atoms with van der Waals surface area (Å²) in [5, 5.41) is 0. The highest BCUT2D eigenvalue weighted by Crippen LogP contribution is 2.15. The van der Waals surface area contributed by atoms with E-state index in [0.29, 0.717) is 37.5 Å². The number of rotatable bonds is 4. The van der Waals surface area contributed by atoms with Crippen molar-refractivity contribution < 1.29 is 19.1 Å². The van der Waals surface area contributed by atoms with Gasteiger partial charge in [0, 0.05) is 38.7 Å². The summed E-state index contributed by atoms with van der Waals surface area (Å²) in [5.74, 6) is 0.484. The molecule has 0 saturated carbocycles. The van der Waals surface area contributed by atoms with Crippen molar-refractivity contribution in [2.75, 3.05) is 26.2 Å². The summed E-state index contributed by atoms with van der Waals surface area (Å²) in [5.41, 5.74) is 0.608. The highest BCUT2D eigenvalue weighted by molar-refractivity contribution is 5.94. The zero-order valence-corrected chi connectivity index (χ0v) is 13.7. The van der Waals surface area contributed by atoms with Gasteiger partial charge in [-0.05, 0) is 38.1 Å². The lowest BCUT2D eigenvalue weighted by atomic mass is 10.1. The van der Waals surface area contributed by atoms with Gasteiger partial charge in [-0.2, -0.15) is 0 Å². The van der Waals surface area contributed by atoms with E-state index >= 15 is 0 Å². The van der Waals surface area contributed by atoms with Crippen molar-refractivity contribution in [2.24, 2.45) is 0 Å². The number of ketones is 1.